The summed E-state index contributed by atoms with van der Waals surface area (Å²) in [5.41, 5.74) is -1.32. The van der Waals surface area contributed by atoms with E-state index in [1.54, 1.807) is 19.1 Å². The number of nitrogens with one attached hydrogen (secondary N) is 2. The molecule has 188 valence electrons. The molecular formula is C24H26ClF3N4O3. The van der Waals surface area contributed by atoms with E-state index in [-0.39, 0.29) is 35.8 Å². The molecule has 1 aliphatic heterocycles. The van der Waals surface area contributed by atoms with E-state index in [9.17, 15) is 22.8 Å². The van der Waals surface area contributed by atoms with Crippen LogP contribution in [0, 0.1) is 0 Å². The molecule has 1 aliphatic rings. The minimum absolute atomic E-state index is 0.121. The third kappa shape index (κ3) is 6.05. The first-order valence-corrected chi connectivity index (χ1v) is 11.3. The molecule has 0 saturated heterocycles. The zero-order valence-electron chi connectivity index (χ0n) is 19.2. The summed E-state index contributed by atoms with van der Waals surface area (Å²) in [6, 6.07) is 9.81. The van der Waals surface area contributed by atoms with Crippen LogP contribution in [0.25, 0.3) is 0 Å². The Bertz CT molecular complexity index is 1080. The molecule has 1 aromatic carbocycles. The molecular weight excluding hydrogens is 485 g/mol. The zero-order chi connectivity index (χ0) is 25.6. The lowest BCUT2D eigenvalue weighted by molar-refractivity contribution is -0.137. The number of hydrogen-bond donors (Lipinski definition) is 2. The number of pyridine rings is 1. The summed E-state index contributed by atoms with van der Waals surface area (Å²) in [6.45, 7) is 2.35. The van der Waals surface area contributed by atoms with Gasteiger partial charge in [0, 0.05) is 25.7 Å². The Balaban J connectivity index is 1.63. The van der Waals surface area contributed by atoms with Crippen molar-refractivity contribution in [2.45, 2.75) is 37.5 Å². The van der Waals surface area contributed by atoms with E-state index < -0.39 is 23.4 Å². The lowest BCUT2D eigenvalue weighted by Crippen LogP contribution is -2.60. The summed E-state index contributed by atoms with van der Waals surface area (Å²) in [5.74, 6) is -0.242. The number of aromatic nitrogens is 1. The van der Waals surface area contributed by atoms with Gasteiger partial charge < -0.3 is 15.4 Å². The SMILES string of the molecule is COC(=O)N1[C@H](C)C=C[C@]1(Cc1ccccc1)C(=O)NCCCNc1ncc(C(F)(F)F)cc1Cl. The van der Waals surface area contributed by atoms with Crippen molar-refractivity contribution in [1.29, 1.82) is 0 Å². The molecule has 0 unspecified atom stereocenters. The van der Waals surface area contributed by atoms with Crippen LogP contribution in [0.3, 0.4) is 0 Å². The molecule has 0 radical (unpaired) electrons. The Morgan fingerprint density at radius 3 is 2.57 bits per heavy atom. The number of halogens is 4. The van der Waals surface area contributed by atoms with Gasteiger partial charge in [-0.25, -0.2) is 9.78 Å². The van der Waals surface area contributed by atoms with Crippen LogP contribution in [0.1, 0.15) is 24.5 Å². The smallest absolute Gasteiger partial charge is 0.417 e. The predicted molar refractivity (Wildman–Crippen MR) is 126 cm³/mol. The number of benzene rings is 1. The van der Waals surface area contributed by atoms with Crippen LogP contribution in [-0.2, 0) is 22.1 Å². The number of carbonyl (C=O) groups is 2. The standard InChI is InChI=1S/C24H26ClF3N4O3/c1-16-9-10-23(32(16)22(34)35-2,14-17-7-4-3-5-8-17)21(33)30-12-6-11-29-20-19(25)13-18(15-31-20)24(26,27)28/h3-5,7-10,13,15-16H,6,11-12,14H2,1-2H3,(H,29,31)(H,30,33)/t16-,23+/m1/s1. The fourth-order valence-corrected chi connectivity index (χ4v) is 4.18. The maximum atomic E-state index is 13.4. The molecule has 0 aliphatic carbocycles. The van der Waals surface area contributed by atoms with Gasteiger partial charge >= 0.3 is 12.3 Å². The minimum Gasteiger partial charge on any atom is -0.453 e. The largest absolute Gasteiger partial charge is 0.453 e. The summed E-state index contributed by atoms with van der Waals surface area (Å²) < 4.78 is 43.2. The number of methoxy groups -OCH3 is 1. The summed E-state index contributed by atoms with van der Waals surface area (Å²) in [4.78, 5) is 31.1. The third-order valence-corrected chi connectivity index (χ3v) is 5.96. The highest BCUT2D eigenvalue weighted by Gasteiger charge is 2.50. The molecule has 2 atom stereocenters. The predicted octanol–water partition coefficient (Wildman–Crippen LogP) is 4.68. The van der Waals surface area contributed by atoms with Crippen LogP contribution in [0.2, 0.25) is 5.02 Å². The van der Waals surface area contributed by atoms with Crippen LogP contribution in [-0.4, -0.2) is 53.7 Å². The molecule has 0 saturated carbocycles. The van der Waals surface area contributed by atoms with Crippen LogP contribution < -0.4 is 10.6 Å². The molecule has 0 fully saturated rings. The van der Waals surface area contributed by atoms with Gasteiger partial charge in [-0.2, -0.15) is 13.2 Å². The fraction of sp³-hybridized carbons (Fsp3) is 0.375. The van der Waals surface area contributed by atoms with Gasteiger partial charge in [-0.05, 0) is 25.0 Å². The van der Waals surface area contributed by atoms with Gasteiger partial charge in [0.15, 0.2) is 0 Å². The van der Waals surface area contributed by atoms with Crippen molar-refractivity contribution < 1.29 is 27.5 Å². The van der Waals surface area contributed by atoms with Crippen molar-refractivity contribution in [2.75, 3.05) is 25.5 Å². The summed E-state index contributed by atoms with van der Waals surface area (Å²) in [6.07, 6.45) is -0.223. The number of carbonyl (C=O) groups excluding carboxylic acids is 2. The maximum Gasteiger partial charge on any atom is 0.417 e. The van der Waals surface area contributed by atoms with E-state index in [1.807, 2.05) is 30.3 Å². The van der Waals surface area contributed by atoms with E-state index in [0.29, 0.717) is 19.2 Å². The highest BCUT2D eigenvalue weighted by atomic mass is 35.5. The second-order valence-corrected chi connectivity index (χ2v) is 8.52. The van der Waals surface area contributed by atoms with Gasteiger partial charge in [0.1, 0.15) is 11.4 Å². The first-order valence-electron chi connectivity index (χ1n) is 10.9. The highest BCUT2D eigenvalue weighted by Crippen LogP contribution is 2.33. The number of ether oxygens (including phenoxy) is 1. The zero-order valence-corrected chi connectivity index (χ0v) is 20.0. The molecule has 11 heteroatoms. The van der Waals surface area contributed by atoms with E-state index in [2.05, 4.69) is 15.6 Å². The molecule has 2 heterocycles. The van der Waals surface area contributed by atoms with Crippen LogP contribution >= 0.6 is 11.6 Å². The molecule has 7 nitrogen and oxygen atoms in total. The lowest BCUT2D eigenvalue weighted by Gasteiger charge is -2.38. The van der Waals surface area contributed by atoms with Crippen LogP contribution in [0.5, 0.6) is 0 Å². The quantitative estimate of drug-likeness (QED) is 0.398. The van der Waals surface area contributed by atoms with Gasteiger partial charge in [0.25, 0.3) is 5.91 Å². The number of alkyl halides is 3. The first kappa shape index (κ1) is 26.3. The topological polar surface area (TPSA) is 83.6 Å². The second-order valence-electron chi connectivity index (χ2n) is 8.11. The number of rotatable bonds is 8. The average molecular weight is 511 g/mol. The highest BCUT2D eigenvalue weighted by molar-refractivity contribution is 6.32. The summed E-state index contributed by atoms with van der Waals surface area (Å²) in [7, 11) is 1.27. The Hall–Kier alpha value is -3.27. The molecule has 2 N–H and O–H groups in total. The normalized spacial score (nSPS) is 19.5. The van der Waals surface area contributed by atoms with Crippen LogP contribution in [0.4, 0.5) is 23.8 Å². The van der Waals surface area contributed by atoms with E-state index in [4.69, 9.17) is 16.3 Å². The average Bonchev–Trinajstić information content (AvgIpc) is 3.15. The third-order valence-electron chi connectivity index (χ3n) is 5.67. The van der Waals surface area contributed by atoms with Gasteiger partial charge in [0.05, 0.1) is 23.7 Å². The van der Waals surface area contributed by atoms with Crippen LogP contribution in [0.15, 0.2) is 54.7 Å². The van der Waals surface area contributed by atoms with Crippen molar-refractivity contribution in [3.05, 3.63) is 70.9 Å². The molecule has 2 amide bonds. The number of anilines is 1. The van der Waals surface area contributed by atoms with Crippen molar-refractivity contribution in [2.24, 2.45) is 0 Å². The van der Waals surface area contributed by atoms with Gasteiger partial charge in [0.2, 0.25) is 0 Å². The summed E-state index contributed by atoms with van der Waals surface area (Å²) >= 11 is 5.90. The molecule has 35 heavy (non-hydrogen) atoms. The Labute approximate surface area is 206 Å². The first-order chi connectivity index (χ1) is 16.6. The second kappa shape index (κ2) is 11.0. The molecule has 1 aromatic heterocycles. The monoisotopic (exact) mass is 510 g/mol. The van der Waals surface area contributed by atoms with E-state index >= 15 is 0 Å². The molecule has 2 aromatic rings. The van der Waals surface area contributed by atoms with Crippen molar-refractivity contribution in [3.63, 3.8) is 0 Å². The number of hydrogen-bond acceptors (Lipinski definition) is 5. The van der Waals surface area contributed by atoms with Crippen molar-refractivity contribution in [3.8, 4) is 0 Å². The van der Waals surface area contributed by atoms with Crippen molar-refractivity contribution in [1.82, 2.24) is 15.2 Å². The number of amides is 2. The summed E-state index contributed by atoms with van der Waals surface area (Å²) in [5, 5.41) is 5.58. The van der Waals surface area contributed by atoms with E-state index in [0.717, 1.165) is 11.6 Å². The minimum atomic E-state index is -4.53. The molecule has 3 rings (SSSR count). The molecule has 0 bridgehead atoms. The fourth-order valence-electron chi connectivity index (χ4n) is 3.95. The Morgan fingerprint density at radius 2 is 1.94 bits per heavy atom. The lowest BCUT2D eigenvalue weighted by atomic mass is 9.89. The molecule has 0 spiro atoms. The Morgan fingerprint density at radius 1 is 1.23 bits per heavy atom. The number of nitrogens with zero attached hydrogens (tertiary/aromatic N) is 2. The van der Waals surface area contributed by atoms with E-state index in [1.165, 1.54) is 12.0 Å². The Kier molecular flexibility index (Phi) is 8.26. The van der Waals surface area contributed by atoms with Gasteiger partial charge in [-0.3, -0.25) is 9.69 Å². The maximum absolute atomic E-state index is 13.4. The van der Waals surface area contributed by atoms with Crippen molar-refractivity contribution >= 4 is 29.4 Å². The van der Waals surface area contributed by atoms with Gasteiger partial charge in [-0.15, -0.1) is 0 Å². The van der Waals surface area contributed by atoms with Gasteiger partial charge in [-0.1, -0.05) is 54.1 Å².